The van der Waals surface area contributed by atoms with Crippen LogP contribution in [0.2, 0.25) is 0 Å². The number of rotatable bonds is 13. The van der Waals surface area contributed by atoms with E-state index in [1.54, 1.807) is 4.90 Å². The van der Waals surface area contributed by atoms with E-state index in [1.807, 2.05) is 67.6 Å². The van der Waals surface area contributed by atoms with Gasteiger partial charge in [0.15, 0.2) is 6.61 Å². The van der Waals surface area contributed by atoms with Gasteiger partial charge in [0, 0.05) is 25.2 Å². The lowest BCUT2D eigenvalue weighted by Gasteiger charge is -2.27. The molecule has 214 valence electrons. The third-order valence-electron chi connectivity index (χ3n) is 7.05. The Hall–Kier alpha value is -3.70. The van der Waals surface area contributed by atoms with Crippen molar-refractivity contribution < 1.29 is 34.0 Å². The molecule has 3 aromatic carbocycles. The summed E-state index contributed by atoms with van der Waals surface area (Å²) in [5.41, 5.74) is 5.96. The highest BCUT2D eigenvalue weighted by Crippen LogP contribution is 2.26. The van der Waals surface area contributed by atoms with Crippen molar-refractivity contribution in [2.24, 2.45) is 0 Å². The van der Waals surface area contributed by atoms with Gasteiger partial charge in [-0.3, -0.25) is 14.9 Å². The number of benzene rings is 3. The van der Waals surface area contributed by atoms with E-state index >= 15 is 0 Å². The third kappa shape index (κ3) is 8.17. The summed E-state index contributed by atoms with van der Waals surface area (Å²) < 4.78 is 17.4. The fourth-order valence-electron chi connectivity index (χ4n) is 4.60. The molecule has 1 atom stereocenters. The second-order valence-corrected chi connectivity index (χ2v) is 9.86. The average Bonchev–Trinajstić information content (AvgIpc) is 2.99. The molecule has 0 aromatic heterocycles. The van der Waals surface area contributed by atoms with Crippen molar-refractivity contribution in [2.75, 3.05) is 39.5 Å². The number of carbonyl (C=O) groups is 2. The number of carboxylic acids is 1. The smallest absolute Gasteiger partial charge is 0.323 e. The molecule has 2 radical (unpaired) electrons. The van der Waals surface area contributed by atoms with Crippen molar-refractivity contribution >= 4 is 25.2 Å². The van der Waals surface area contributed by atoms with Crippen molar-refractivity contribution in [3.8, 4) is 16.9 Å². The number of aliphatic hydroxyl groups excluding tert-OH is 1. The predicted molar refractivity (Wildman–Crippen MR) is 155 cm³/mol. The minimum atomic E-state index is -1.16. The lowest BCUT2D eigenvalue weighted by Crippen LogP contribution is -2.43. The van der Waals surface area contributed by atoms with Crippen LogP contribution in [-0.4, -0.2) is 80.4 Å². The standard InChI is InChI=1S/C31H35BN2O7/c1-21-14-24(16-33-27(17-35)31(37)38)28(41-20-29(36)34-10-12-39-13-11-34)15-25(21)19-40-18-23-8-5-9-26(30(23)32)22-6-3-2-4-7-22/h2-9,14-15,27,33,35H,10-13,16-20H2,1H3,(H,37,38)/t27-/m0/s1. The number of hydrogen-bond donors (Lipinski definition) is 3. The maximum Gasteiger partial charge on any atom is 0.323 e. The van der Waals surface area contributed by atoms with E-state index in [2.05, 4.69) is 5.32 Å². The first-order chi connectivity index (χ1) is 19.9. The van der Waals surface area contributed by atoms with E-state index in [9.17, 15) is 19.8 Å². The van der Waals surface area contributed by atoms with Crippen LogP contribution < -0.4 is 15.5 Å². The Morgan fingerprint density at radius 3 is 2.46 bits per heavy atom. The van der Waals surface area contributed by atoms with Crippen LogP contribution >= 0.6 is 0 Å². The molecule has 0 unspecified atom stereocenters. The fraction of sp³-hybridized carbons (Fsp3) is 0.355. The second-order valence-electron chi connectivity index (χ2n) is 9.86. The highest BCUT2D eigenvalue weighted by Gasteiger charge is 2.20. The molecule has 3 N–H and O–H groups in total. The quantitative estimate of drug-likeness (QED) is 0.273. The molecule has 1 saturated heterocycles. The molecule has 10 heteroatoms. The highest BCUT2D eigenvalue weighted by molar-refractivity contribution is 6.37. The Bertz CT molecular complexity index is 1330. The lowest BCUT2D eigenvalue weighted by molar-refractivity contribution is -0.140. The molecular weight excluding hydrogens is 523 g/mol. The molecular formula is C31H35BN2O7. The first-order valence-corrected chi connectivity index (χ1v) is 13.6. The zero-order valence-corrected chi connectivity index (χ0v) is 23.2. The first kappa shape index (κ1) is 30.3. The van der Waals surface area contributed by atoms with Gasteiger partial charge in [0.05, 0.1) is 33.0 Å². The monoisotopic (exact) mass is 558 g/mol. The third-order valence-corrected chi connectivity index (χ3v) is 7.05. The van der Waals surface area contributed by atoms with Crippen molar-refractivity contribution in [3.63, 3.8) is 0 Å². The van der Waals surface area contributed by atoms with Gasteiger partial charge in [-0.1, -0.05) is 60.1 Å². The lowest BCUT2D eigenvalue weighted by atomic mass is 9.83. The van der Waals surface area contributed by atoms with Crippen molar-refractivity contribution in [3.05, 3.63) is 82.9 Å². The van der Waals surface area contributed by atoms with E-state index in [0.29, 0.717) is 49.7 Å². The second kappa shape index (κ2) is 14.8. The van der Waals surface area contributed by atoms with Gasteiger partial charge in [-0.15, -0.1) is 0 Å². The molecule has 3 aromatic rings. The Labute approximate surface area is 241 Å². The summed E-state index contributed by atoms with van der Waals surface area (Å²) in [6, 6.07) is 18.4. The number of carbonyl (C=O) groups excluding carboxylic acids is 1. The number of ether oxygens (including phenoxy) is 3. The van der Waals surface area contributed by atoms with Crippen LogP contribution in [-0.2, 0) is 38.8 Å². The Morgan fingerprint density at radius 2 is 1.76 bits per heavy atom. The van der Waals surface area contributed by atoms with E-state index < -0.39 is 18.6 Å². The number of nitrogens with zero attached hydrogens (tertiary/aromatic N) is 1. The van der Waals surface area contributed by atoms with Crippen LogP contribution in [0, 0.1) is 6.92 Å². The fourth-order valence-corrected chi connectivity index (χ4v) is 4.60. The van der Waals surface area contributed by atoms with E-state index in [0.717, 1.165) is 27.8 Å². The molecule has 9 nitrogen and oxygen atoms in total. The van der Waals surface area contributed by atoms with Gasteiger partial charge < -0.3 is 29.3 Å². The van der Waals surface area contributed by atoms with Crippen molar-refractivity contribution in [1.29, 1.82) is 0 Å². The number of nitrogens with one attached hydrogen (secondary N) is 1. The molecule has 0 saturated carbocycles. The normalized spacial score (nSPS) is 14.0. The van der Waals surface area contributed by atoms with Crippen molar-refractivity contribution in [1.82, 2.24) is 10.2 Å². The van der Waals surface area contributed by atoms with Crippen LogP contribution in [0.5, 0.6) is 5.75 Å². The molecule has 41 heavy (non-hydrogen) atoms. The molecule has 1 heterocycles. The summed E-state index contributed by atoms with van der Waals surface area (Å²) in [4.78, 5) is 25.8. The topological polar surface area (TPSA) is 118 Å². The molecule has 0 spiro atoms. The molecule has 1 fully saturated rings. The summed E-state index contributed by atoms with van der Waals surface area (Å²) in [5, 5.41) is 21.5. The first-order valence-electron chi connectivity index (χ1n) is 13.6. The van der Waals surface area contributed by atoms with Crippen LogP contribution in [0.25, 0.3) is 11.1 Å². The number of aliphatic carboxylic acids is 1. The van der Waals surface area contributed by atoms with Crippen LogP contribution in [0.1, 0.15) is 22.3 Å². The van der Waals surface area contributed by atoms with Crippen LogP contribution in [0.4, 0.5) is 0 Å². The largest absolute Gasteiger partial charge is 0.483 e. The van der Waals surface area contributed by atoms with Crippen LogP contribution in [0.3, 0.4) is 0 Å². The molecule has 4 rings (SSSR count). The van der Waals surface area contributed by atoms with Gasteiger partial charge in [-0.25, -0.2) is 0 Å². The molecule has 1 aliphatic heterocycles. The molecule has 0 aliphatic carbocycles. The zero-order chi connectivity index (χ0) is 29.2. The number of carboxylic acid groups (broad SMARTS) is 1. The van der Waals surface area contributed by atoms with Gasteiger partial charge in [0.25, 0.3) is 5.91 Å². The Kier molecular flexibility index (Phi) is 10.9. The molecule has 0 bridgehead atoms. The molecule has 1 aliphatic rings. The summed E-state index contributed by atoms with van der Waals surface area (Å²) >= 11 is 0. The van der Waals surface area contributed by atoms with Gasteiger partial charge in [-0.2, -0.15) is 0 Å². The van der Waals surface area contributed by atoms with E-state index in [1.165, 1.54) is 0 Å². The Morgan fingerprint density at radius 1 is 1.02 bits per heavy atom. The summed E-state index contributed by atoms with van der Waals surface area (Å²) in [6.45, 7) is 3.91. The number of aliphatic hydroxyl groups is 1. The minimum absolute atomic E-state index is 0.128. The maximum absolute atomic E-state index is 12.7. The van der Waals surface area contributed by atoms with Gasteiger partial charge in [0.1, 0.15) is 19.6 Å². The van der Waals surface area contributed by atoms with Crippen molar-refractivity contribution in [2.45, 2.75) is 32.7 Å². The highest BCUT2D eigenvalue weighted by atomic mass is 16.5. The Balaban J connectivity index is 1.47. The van der Waals surface area contributed by atoms with E-state index in [4.69, 9.17) is 22.1 Å². The summed E-state index contributed by atoms with van der Waals surface area (Å²) in [5.74, 6) is -0.871. The summed E-state index contributed by atoms with van der Waals surface area (Å²) in [7, 11) is 6.48. The number of aryl methyl sites for hydroxylation is 1. The van der Waals surface area contributed by atoms with Gasteiger partial charge >= 0.3 is 5.97 Å². The number of morpholine rings is 1. The SMILES string of the molecule is [B]c1c(COCc2cc(OCC(=O)N3CCOCC3)c(CN[C@@H](CO)C(=O)O)cc2C)cccc1-c1ccccc1. The van der Waals surface area contributed by atoms with Gasteiger partial charge in [-0.05, 0) is 40.8 Å². The van der Waals surface area contributed by atoms with Crippen LogP contribution in [0.15, 0.2) is 60.7 Å². The predicted octanol–water partition coefficient (Wildman–Crippen LogP) is 1.95. The van der Waals surface area contributed by atoms with E-state index in [-0.39, 0.29) is 25.7 Å². The van der Waals surface area contributed by atoms with Gasteiger partial charge in [0.2, 0.25) is 0 Å². The number of hydrogen-bond acceptors (Lipinski definition) is 7. The maximum atomic E-state index is 12.7. The minimum Gasteiger partial charge on any atom is -0.483 e. The average molecular weight is 558 g/mol. The number of amides is 1. The molecule has 1 amide bonds. The summed E-state index contributed by atoms with van der Waals surface area (Å²) in [6.07, 6.45) is 0. The zero-order valence-electron chi connectivity index (χ0n) is 23.2.